The summed E-state index contributed by atoms with van der Waals surface area (Å²) in [6, 6.07) is 7.16. The van der Waals surface area contributed by atoms with E-state index >= 15 is 0 Å². The summed E-state index contributed by atoms with van der Waals surface area (Å²) in [5.41, 5.74) is 1.38. The van der Waals surface area contributed by atoms with Gasteiger partial charge < -0.3 is 14.8 Å². The van der Waals surface area contributed by atoms with E-state index in [0.29, 0.717) is 41.5 Å². The van der Waals surface area contributed by atoms with E-state index in [1.54, 1.807) is 22.8 Å². The maximum Gasteiger partial charge on any atom is 0.356 e. The van der Waals surface area contributed by atoms with Gasteiger partial charge in [-0.05, 0) is 25.0 Å². The maximum atomic E-state index is 11.3. The van der Waals surface area contributed by atoms with Crippen LogP contribution in [0.4, 0.5) is 0 Å². The summed E-state index contributed by atoms with van der Waals surface area (Å²) >= 11 is 6.16. The lowest BCUT2D eigenvalue weighted by atomic mass is 10.1. The Bertz CT molecular complexity index is 681. The average Bonchev–Trinajstić information content (AvgIpc) is 2.78. The molecule has 20 heavy (non-hydrogen) atoms. The Labute approximate surface area is 120 Å². The van der Waals surface area contributed by atoms with Crippen LogP contribution in [-0.4, -0.2) is 31.8 Å². The zero-order valence-electron chi connectivity index (χ0n) is 10.6. The molecule has 0 bridgehead atoms. The maximum absolute atomic E-state index is 11.3. The molecule has 1 aliphatic heterocycles. The smallest absolute Gasteiger partial charge is 0.356 e. The number of hydrogen-bond donors (Lipinski definition) is 2. The van der Waals surface area contributed by atoms with Crippen molar-refractivity contribution in [2.45, 2.75) is 25.5 Å². The quantitative estimate of drug-likeness (QED) is 0.890. The van der Waals surface area contributed by atoms with E-state index in [1.807, 2.05) is 6.07 Å². The molecule has 104 valence electrons. The summed E-state index contributed by atoms with van der Waals surface area (Å²) in [7, 11) is 0. The normalized spacial score (nSPS) is 17.8. The number of hydrogen-bond acceptors (Lipinski definition) is 3. The van der Waals surface area contributed by atoms with Gasteiger partial charge >= 0.3 is 5.97 Å². The molecule has 0 radical (unpaired) electrons. The van der Waals surface area contributed by atoms with E-state index in [4.69, 9.17) is 11.6 Å². The number of benzene rings is 1. The standard InChI is InChI=1S/C14H13ClN2O3/c15-10-4-2-1-3-9(10)13-16-12(14(19)20)11-6-5-8(18)7-17(11)13/h1-4,8,18H,5-7H2,(H,19,20). The summed E-state index contributed by atoms with van der Waals surface area (Å²) in [4.78, 5) is 15.5. The number of rotatable bonds is 2. The number of aromatic carboxylic acids is 1. The Hall–Kier alpha value is -1.85. The molecular formula is C14H13ClN2O3. The second-order valence-corrected chi connectivity index (χ2v) is 5.23. The van der Waals surface area contributed by atoms with Crippen LogP contribution in [0.25, 0.3) is 11.4 Å². The van der Waals surface area contributed by atoms with Crippen LogP contribution in [-0.2, 0) is 13.0 Å². The van der Waals surface area contributed by atoms with Gasteiger partial charge in [0.25, 0.3) is 0 Å². The highest BCUT2D eigenvalue weighted by Crippen LogP contribution is 2.31. The lowest BCUT2D eigenvalue weighted by molar-refractivity contribution is 0.0686. The molecule has 2 aromatic rings. The first-order valence-electron chi connectivity index (χ1n) is 6.33. The van der Waals surface area contributed by atoms with Crippen molar-refractivity contribution >= 4 is 17.6 Å². The van der Waals surface area contributed by atoms with E-state index in [2.05, 4.69) is 4.98 Å². The van der Waals surface area contributed by atoms with E-state index in [1.165, 1.54) is 0 Å². The summed E-state index contributed by atoms with van der Waals surface area (Å²) in [5.74, 6) is -0.551. The molecule has 1 aliphatic rings. The third-order valence-electron chi connectivity index (χ3n) is 3.50. The molecule has 6 heteroatoms. The summed E-state index contributed by atoms with van der Waals surface area (Å²) < 4.78 is 1.76. The van der Waals surface area contributed by atoms with Gasteiger partial charge in [-0.2, -0.15) is 0 Å². The second kappa shape index (κ2) is 4.92. The number of aliphatic hydroxyl groups excluding tert-OH is 1. The summed E-state index contributed by atoms with van der Waals surface area (Å²) in [5, 5.41) is 19.6. The van der Waals surface area contributed by atoms with E-state index in [9.17, 15) is 15.0 Å². The minimum absolute atomic E-state index is 0.0480. The van der Waals surface area contributed by atoms with Gasteiger partial charge in [0, 0.05) is 5.56 Å². The topological polar surface area (TPSA) is 75.3 Å². The molecule has 0 aliphatic carbocycles. The Kier molecular flexibility index (Phi) is 3.23. The zero-order chi connectivity index (χ0) is 14.3. The lowest BCUT2D eigenvalue weighted by Crippen LogP contribution is -2.25. The van der Waals surface area contributed by atoms with Gasteiger partial charge in [-0.25, -0.2) is 9.78 Å². The fourth-order valence-electron chi connectivity index (χ4n) is 2.56. The van der Waals surface area contributed by atoms with Crippen molar-refractivity contribution in [1.29, 1.82) is 0 Å². The number of halogens is 1. The Morgan fingerprint density at radius 1 is 1.40 bits per heavy atom. The zero-order valence-corrected chi connectivity index (χ0v) is 11.3. The predicted octanol–water partition coefficient (Wildman–Crippen LogP) is 2.21. The van der Waals surface area contributed by atoms with Crippen molar-refractivity contribution in [3.63, 3.8) is 0 Å². The third-order valence-corrected chi connectivity index (χ3v) is 3.83. The molecular weight excluding hydrogens is 280 g/mol. The molecule has 3 rings (SSSR count). The first-order chi connectivity index (χ1) is 9.58. The molecule has 1 aromatic carbocycles. The van der Waals surface area contributed by atoms with Crippen LogP contribution in [0.2, 0.25) is 5.02 Å². The molecule has 0 saturated carbocycles. The fourth-order valence-corrected chi connectivity index (χ4v) is 2.78. The minimum atomic E-state index is -1.05. The SMILES string of the molecule is O=C(O)c1nc(-c2ccccc2Cl)n2c1CCC(O)C2. The Morgan fingerprint density at radius 2 is 2.15 bits per heavy atom. The molecule has 0 spiro atoms. The van der Waals surface area contributed by atoms with Crippen LogP contribution in [0.1, 0.15) is 22.6 Å². The highest BCUT2D eigenvalue weighted by molar-refractivity contribution is 6.33. The number of carboxylic acids is 1. The number of nitrogens with zero attached hydrogens (tertiary/aromatic N) is 2. The molecule has 1 aromatic heterocycles. The van der Waals surface area contributed by atoms with Crippen LogP contribution in [0, 0.1) is 0 Å². The monoisotopic (exact) mass is 292 g/mol. The van der Waals surface area contributed by atoms with Crippen LogP contribution in [0.15, 0.2) is 24.3 Å². The minimum Gasteiger partial charge on any atom is -0.476 e. The fraction of sp³-hybridized carbons (Fsp3) is 0.286. The van der Waals surface area contributed by atoms with Gasteiger partial charge in [0.2, 0.25) is 0 Å². The van der Waals surface area contributed by atoms with Gasteiger partial charge in [0.1, 0.15) is 5.82 Å². The van der Waals surface area contributed by atoms with Gasteiger partial charge in [-0.1, -0.05) is 23.7 Å². The van der Waals surface area contributed by atoms with E-state index < -0.39 is 12.1 Å². The highest BCUT2D eigenvalue weighted by atomic mass is 35.5. The number of imidazole rings is 1. The van der Waals surface area contributed by atoms with Gasteiger partial charge in [0.05, 0.1) is 23.4 Å². The van der Waals surface area contributed by atoms with Crippen molar-refractivity contribution in [1.82, 2.24) is 9.55 Å². The number of aliphatic hydroxyl groups is 1. The molecule has 0 amide bonds. The predicted molar refractivity (Wildman–Crippen MR) is 74.0 cm³/mol. The van der Waals surface area contributed by atoms with Crippen LogP contribution in [0.3, 0.4) is 0 Å². The van der Waals surface area contributed by atoms with Crippen LogP contribution in [0.5, 0.6) is 0 Å². The number of carboxylic acid groups (broad SMARTS) is 1. The summed E-state index contributed by atoms with van der Waals surface area (Å²) in [6.07, 6.45) is 0.563. The molecule has 0 saturated heterocycles. The molecule has 0 fully saturated rings. The van der Waals surface area contributed by atoms with Gasteiger partial charge in [0.15, 0.2) is 5.69 Å². The van der Waals surface area contributed by atoms with Crippen molar-refractivity contribution in [3.8, 4) is 11.4 Å². The van der Waals surface area contributed by atoms with Gasteiger partial charge in [-0.3, -0.25) is 0 Å². The molecule has 1 unspecified atom stereocenters. The first-order valence-corrected chi connectivity index (χ1v) is 6.71. The number of aromatic nitrogens is 2. The van der Waals surface area contributed by atoms with E-state index in [0.717, 1.165) is 0 Å². The lowest BCUT2D eigenvalue weighted by Gasteiger charge is -2.22. The number of carbonyl (C=O) groups is 1. The van der Waals surface area contributed by atoms with Crippen LogP contribution < -0.4 is 0 Å². The number of fused-ring (bicyclic) bond motifs is 1. The summed E-state index contributed by atoms with van der Waals surface area (Å²) in [6.45, 7) is 0.343. The van der Waals surface area contributed by atoms with Gasteiger partial charge in [-0.15, -0.1) is 0 Å². The van der Waals surface area contributed by atoms with E-state index in [-0.39, 0.29) is 5.69 Å². The Morgan fingerprint density at radius 3 is 2.85 bits per heavy atom. The van der Waals surface area contributed by atoms with Crippen molar-refractivity contribution < 1.29 is 15.0 Å². The second-order valence-electron chi connectivity index (χ2n) is 4.82. The Balaban J connectivity index is 2.21. The average molecular weight is 293 g/mol. The molecule has 1 atom stereocenters. The van der Waals surface area contributed by atoms with Crippen molar-refractivity contribution in [2.24, 2.45) is 0 Å². The highest BCUT2D eigenvalue weighted by Gasteiger charge is 2.28. The molecule has 5 nitrogen and oxygen atoms in total. The first kappa shape index (κ1) is 13.1. The largest absolute Gasteiger partial charge is 0.476 e. The van der Waals surface area contributed by atoms with Crippen molar-refractivity contribution in [2.75, 3.05) is 0 Å². The molecule has 2 N–H and O–H groups in total. The van der Waals surface area contributed by atoms with Crippen molar-refractivity contribution in [3.05, 3.63) is 40.7 Å². The molecule has 2 heterocycles. The van der Waals surface area contributed by atoms with Crippen LogP contribution >= 0.6 is 11.6 Å². The third kappa shape index (κ3) is 2.09.